The zero-order valence-corrected chi connectivity index (χ0v) is 20.9. The molecule has 2 aliphatic rings. The molecule has 1 amide bonds. The van der Waals surface area contributed by atoms with E-state index in [0.29, 0.717) is 48.8 Å². The number of nitrogens with zero attached hydrogens (tertiary/aromatic N) is 2. The molecule has 9 heteroatoms. The fourth-order valence-electron chi connectivity index (χ4n) is 5.08. The number of furan rings is 1. The molecule has 0 radical (unpaired) electrons. The van der Waals surface area contributed by atoms with E-state index < -0.39 is 23.5 Å². The van der Waals surface area contributed by atoms with Gasteiger partial charge >= 0.3 is 0 Å². The van der Waals surface area contributed by atoms with Crippen molar-refractivity contribution in [1.82, 2.24) is 9.80 Å². The fourth-order valence-corrected chi connectivity index (χ4v) is 5.08. The van der Waals surface area contributed by atoms with E-state index in [4.69, 9.17) is 18.6 Å². The van der Waals surface area contributed by atoms with Gasteiger partial charge in [0.15, 0.2) is 23.0 Å². The van der Waals surface area contributed by atoms with Gasteiger partial charge < -0.3 is 28.6 Å². The van der Waals surface area contributed by atoms with Crippen LogP contribution in [0, 0.1) is 0 Å². The highest BCUT2D eigenvalue weighted by molar-refractivity contribution is 6.16. The number of fused-ring (bicyclic) bond motifs is 1. The largest absolute Gasteiger partial charge is 0.503 e. The number of ketones is 1. The van der Waals surface area contributed by atoms with Crippen molar-refractivity contribution in [2.75, 3.05) is 53.6 Å². The highest BCUT2D eigenvalue weighted by Crippen LogP contribution is 2.45. The SMILES string of the molecule is COc1cccc([C@H]2C(C(=O)c3cc4ccccc4o3)=C(O)C(=O)N2CCCN2CCOCC2)c1OC. The number of rotatable bonds is 9. The highest BCUT2D eigenvalue weighted by Gasteiger charge is 2.45. The monoisotopic (exact) mass is 506 g/mol. The summed E-state index contributed by atoms with van der Waals surface area (Å²) >= 11 is 0. The first kappa shape index (κ1) is 24.9. The third-order valence-electron chi connectivity index (χ3n) is 6.90. The van der Waals surface area contributed by atoms with Crippen LogP contribution in [-0.2, 0) is 9.53 Å². The van der Waals surface area contributed by atoms with Crippen molar-refractivity contribution in [3.8, 4) is 11.5 Å². The summed E-state index contributed by atoms with van der Waals surface area (Å²) in [5.41, 5.74) is 1.06. The minimum atomic E-state index is -0.872. The molecule has 5 rings (SSSR count). The van der Waals surface area contributed by atoms with Gasteiger partial charge in [0.2, 0.25) is 5.78 Å². The van der Waals surface area contributed by atoms with E-state index in [2.05, 4.69) is 4.90 Å². The van der Waals surface area contributed by atoms with Gasteiger partial charge in [0, 0.05) is 37.1 Å². The lowest BCUT2D eigenvalue weighted by Gasteiger charge is -2.30. The average molecular weight is 507 g/mol. The maximum Gasteiger partial charge on any atom is 0.290 e. The molecular formula is C28H30N2O7. The second kappa shape index (κ2) is 10.7. The van der Waals surface area contributed by atoms with Crippen LogP contribution >= 0.6 is 0 Å². The first-order valence-corrected chi connectivity index (χ1v) is 12.3. The molecule has 0 saturated carbocycles. The molecule has 1 fully saturated rings. The van der Waals surface area contributed by atoms with Crippen LogP contribution in [0.5, 0.6) is 11.5 Å². The van der Waals surface area contributed by atoms with Crippen LogP contribution in [0.1, 0.15) is 28.6 Å². The number of hydrogen-bond acceptors (Lipinski definition) is 8. The predicted octanol–water partition coefficient (Wildman–Crippen LogP) is 3.75. The van der Waals surface area contributed by atoms with Gasteiger partial charge in [0.1, 0.15) is 5.58 Å². The molecule has 0 spiro atoms. The van der Waals surface area contributed by atoms with Crippen molar-refractivity contribution in [1.29, 1.82) is 0 Å². The molecule has 3 aromatic rings. The molecule has 1 N–H and O–H groups in total. The summed E-state index contributed by atoms with van der Waals surface area (Å²) in [4.78, 5) is 31.0. The van der Waals surface area contributed by atoms with Gasteiger partial charge in [-0.15, -0.1) is 0 Å². The Morgan fingerprint density at radius 3 is 2.57 bits per heavy atom. The van der Waals surface area contributed by atoms with Gasteiger partial charge in [-0.2, -0.15) is 0 Å². The molecule has 2 aromatic carbocycles. The first-order valence-electron chi connectivity index (χ1n) is 12.3. The van der Waals surface area contributed by atoms with Crippen LogP contribution in [0.4, 0.5) is 0 Å². The fraction of sp³-hybridized carbons (Fsp3) is 0.357. The molecule has 9 nitrogen and oxygen atoms in total. The maximum atomic E-state index is 13.8. The molecular weight excluding hydrogens is 476 g/mol. The standard InChI is InChI=1S/C28H30N2O7/c1-34-21-10-5-8-19(27(21)35-2)24-23(25(31)22-17-18-7-3-4-9-20(18)37-22)26(32)28(33)30(24)12-6-11-29-13-15-36-16-14-29/h3-5,7-10,17,24,32H,6,11-16H2,1-2H3/t24-/m0/s1. The number of aliphatic hydroxyl groups is 1. The van der Waals surface area contributed by atoms with E-state index in [1.807, 2.05) is 18.2 Å². The highest BCUT2D eigenvalue weighted by atomic mass is 16.5. The van der Waals surface area contributed by atoms with Crippen LogP contribution in [0.3, 0.4) is 0 Å². The molecule has 0 bridgehead atoms. The first-order chi connectivity index (χ1) is 18.0. The van der Waals surface area contributed by atoms with Crippen LogP contribution < -0.4 is 9.47 Å². The van der Waals surface area contributed by atoms with E-state index in [1.54, 1.807) is 30.3 Å². The van der Waals surface area contributed by atoms with Crippen molar-refractivity contribution in [3.05, 3.63) is 71.2 Å². The topological polar surface area (TPSA) is 102 Å². The smallest absolute Gasteiger partial charge is 0.290 e. The molecule has 1 saturated heterocycles. The number of carbonyl (C=O) groups is 2. The maximum absolute atomic E-state index is 13.8. The number of ether oxygens (including phenoxy) is 3. The number of benzene rings is 2. The Kier molecular flexibility index (Phi) is 7.16. The summed E-state index contributed by atoms with van der Waals surface area (Å²) in [6.45, 7) is 4.14. The van der Waals surface area contributed by atoms with E-state index in [9.17, 15) is 14.7 Å². The van der Waals surface area contributed by atoms with Crippen LogP contribution in [-0.4, -0.2) is 80.2 Å². The molecule has 194 valence electrons. The normalized spacial score (nSPS) is 18.6. The molecule has 1 atom stereocenters. The number of methoxy groups -OCH3 is 2. The van der Waals surface area contributed by atoms with Crippen LogP contribution in [0.15, 0.2) is 64.3 Å². The number of Topliss-reactive ketones (excluding diaryl/α,β-unsaturated/α-hetero) is 1. The van der Waals surface area contributed by atoms with Gasteiger partial charge in [-0.1, -0.05) is 30.3 Å². The summed E-state index contributed by atoms with van der Waals surface area (Å²) in [6.07, 6.45) is 0.661. The van der Waals surface area contributed by atoms with Gasteiger partial charge in [0.05, 0.1) is 39.0 Å². The lowest BCUT2D eigenvalue weighted by atomic mass is 9.94. The third-order valence-corrected chi connectivity index (χ3v) is 6.90. The number of morpholine rings is 1. The number of carbonyl (C=O) groups excluding carboxylic acids is 2. The molecule has 0 aliphatic carbocycles. The second-order valence-electron chi connectivity index (χ2n) is 9.03. The Labute approximate surface area is 214 Å². The number of para-hydroxylation sites is 2. The summed E-state index contributed by atoms with van der Waals surface area (Å²) in [6, 6.07) is 13.3. The predicted molar refractivity (Wildman–Crippen MR) is 136 cm³/mol. The third kappa shape index (κ3) is 4.68. The minimum Gasteiger partial charge on any atom is -0.503 e. The lowest BCUT2D eigenvalue weighted by Crippen LogP contribution is -2.39. The Balaban J connectivity index is 1.52. The van der Waals surface area contributed by atoms with Crippen molar-refractivity contribution < 1.29 is 33.3 Å². The number of aliphatic hydroxyl groups excluding tert-OH is 1. The lowest BCUT2D eigenvalue weighted by molar-refractivity contribution is -0.129. The van der Waals surface area contributed by atoms with Crippen molar-refractivity contribution in [2.24, 2.45) is 0 Å². The summed E-state index contributed by atoms with van der Waals surface area (Å²) in [5, 5.41) is 11.8. The minimum absolute atomic E-state index is 0.0398. The van der Waals surface area contributed by atoms with Gasteiger partial charge in [-0.3, -0.25) is 14.5 Å². The van der Waals surface area contributed by atoms with Gasteiger partial charge in [0.25, 0.3) is 5.91 Å². The molecule has 1 aromatic heterocycles. The van der Waals surface area contributed by atoms with E-state index in [-0.39, 0.29) is 11.3 Å². The Morgan fingerprint density at radius 2 is 1.84 bits per heavy atom. The average Bonchev–Trinajstić information content (AvgIpc) is 3.47. The Bertz CT molecular complexity index is 1310. The van der Waals surface area contributed by atoms with Crippen molar-refractivity contribution in [3.63, 3.8) is 0 Å². The molecule has 0 unspecified atom stereocenters. The summed E-state index contributed by atoms with van der Waals surface area (Å²) in [7, 11) is 3.03. The summed E-state index contributed by atoms with van der Waals surface area (Å²) in [5.74, 6) is -0.818. The van der Waals surface area contributed by atoms with Crippen LogP contribution in [0.2, 0.25) is 0 Å². The molecule has 2 aliphatic heterocycles. The number of amides is 1. The van der Waals surface area contributed by atoms with E-state index in [1.165, 1.54) is 19.1 Å². The van der Waals surface area contributed by atoms with Gasteiger partial charge in [-0.25, -0.2) is 0 Å². The summed E-state index contributed by atoms with van der Waals surface area (Å²) < 4.78 is 22.4. The quantitative estimate of drug-likeness (QED) is 0.438. The van der Waals surface area contributed by atoms with Gasteiger partial charge in [-0.05, 0) is 24.6 Å². The zero-order valence-electron chi connectivity index (χ0n) is 20.9. The van der Waals surface area contributed by atoms with E-state index in [0.717, 1.165) is 25.0 Å². The second-order valence-corrected chi connectivity index (χ2v) is 9.03. The Morgan fingerprint density at radius 1 is 1.05 bits per heavy atom. The van der Waals surface area contributed by atoms with E-state index >= 15 is 0 Å². The molecule has 3 heterocycles. The number of hydrogen-bond donors (Lipinski definition) is 1. The van der Waals surface area contributed by atoms with Crippen molar-refractivity contribution >= 4 is 22.7 Å². The Hall–Kier alpha value is -3.82. The molecule has 37 heavy (non-hydrogen) atoms. The van der Waals surface area contributed by atoms with Crippen molar-refractivity contribution in [2.45, 2.75) is 12.5 Å². The zero-order chi connectivity index (χ0) is 25.9. The van der Waals surface area contributed by atoms with Crippen LogP contribution in [0.25, 0.3) is 11.0 Å².